The first-order chi connectivity index (χ1) is 12.1. The number of carbonyl (C=O) groups excluding carboxylic acids is 1. The standard InChI is InChI=1S/C20H18FN3O/c1-14(20(25)24-22-13-16-8-3-5-11-18(16)21)23-19-12-6-9-15-7-2-4-10-17(15)19/h2-14,23H,1H3,(H,24,25)/b22-13-/t14-/m1/s1. The van der Waals surface area contributed by atoms with E-state index in [-0.39, 0.29) is 11.7 Å². The fraction of sp³-hybridized carbons (Fsp3) is 0.100. The maximum atomic E-state index is 13.5. The van der Waals surface area contributed by atoms with Gasteiger partial charge in [-0.1, -0.05) is 54.6 Å². The van der Waals surface area contributed by atoms with Crippen molar-refractivity contribution < 1.29 is 9.18 Å². The number of amides is 1. The van der Waals surface area contributed by atoms with Crippen LogP contribution in [0.4, 0.5) is 10.1 Å². The largest absolute Gasteiger partial charge is 0.373 e. The normalized spacial score (nSPS) is 12.2. The summed E-state index contributed by atoms with van der Waals surface area (Å²) in [5, 5.41) is 9.14. The van der Waals surface area contributed by atoms with Crippen molar-refractivity contribution in [1.82, 2.24) is 5.43 Å². The summed E-state index contributed by atoms with van der Waals surface area (Å²) in [5.41, 5.74) is 3.62. The number of hydrogen-bond donors (Lipinski definition) is 2. The Balaban J connectivity index is 1.65. The summed E-state index contributed by atoms with van der Waals surface area (Å²) < 4.78 is 13.5. The zero-order chi connectivity index (χ0) is 17.6. The number of nitrogens with zero attached hydrogens (tertiary/aromatic N) is 1. The Morgan fingerprint density at radius 2 is 1.76 bits per heavy atom. The molecule has 2 N–H and O–H groups in total. The van der Waals surface area contributed by atoms with Crippen LogP contribution in [0.5, 0.6) is 0 Å². The van der Waals surface area contributed by atoms with Crippen molar-refractivity contribution in [3.8, 4) is 0 Å². The second-order valence-electron chi connectivity index (χ2n) is 5.65. The quantitative estimate of drug-likeness (QED) is 0.548. The van der Waals surface area contributed by atoms with E-state index in [1.807, 2.05) is 42.5 Å². The summed E-state index contributed by atoms with van der Waals surface area (Å²) in [6, 6.07) is 19.6. The highest BCUT2D eigenvalue weighted by atomic mass is 19.1. The summed E-state index contributed by atoms with van der Waals surface area (Å²) in [6.07, 6.45) is 1.29. The zero-order valence-corrected chi connectivity index (χ0v) is 13.7. The van der Waals surface area contributed by atoms with Crippen LogP contribution in [-0.2, 0) is 4.79 Å². The molecular formula is C20H18FN3O. The maximum absolute atomic E-state index is 13.5. The van der Waals surface area contributed by atoms with Gasteiger partial charge in [0.05, 0.1) is 6.21 Å². The van der Waals surface area contributed by atoms with E-state index in [0.29, 0.717) is 5.56 Å². The minimum absolute atomic E-state index is 0.305. The molecule has 0 aliphatic heterocycles. The molecule has 126 valence electrons. The van der Waals surface area contributed by atoms with Gasteiger partial charge in [-0.2, -0.15) is 5.10 Å². The molecule has 25 heavy (non-hydrogen) atoms. The smallest absolute Gasteiger partial charge is 0.262 e. The van der Waals surface area contributed by atoms with Crippen LogP contribution < -0.4 is 10.7 Å². The fourth-order valence-corrected chi connectivity index (χ4v) is 2.49. The average molecular weight is 335 g/mol. The molecule has 4 nitrogen and oxygen atoms in total. The molecule has 0 aliphatic rings. The monoisotopic (exact) mass is 335 g/mol. The van der Waals surface area contributed by atoms with Crippen LogP contribution in [0.25, 0.3) is 10.8 Å². The minimum atomic E-state index is -0.497. The third-order valence-corrected chi connectivity index (χ3v) is 3.84. The van der Waals surface area contributed by atoms with Crippen molar-refractivity contribution in [3.63, 3.8) is 0 Å². The van der Waals surface area contributed by atoms with Crippen molar-refractivity contribution in [2.45, 2.75) is 13.0 Å². The SMILES string of the molecule is C[C@@H](Nc1cccc2ccccc12)C(=O)N/N=C\c1ccccc1F. The van der Waals surface area contributed by atoms with Gasteiger partial charge in [0.15, 0.2) is 0 Å². The van der Waals surface area contributed by atoms with E-state index in [1.54, 1.807) is 25.1 Å². The summed E-state index contributed by atoms with van der Waals surface area (Å²) in [4.78, 5) is 12.2. The first-order valence-electron chi connectivity index (χ1n) is 7.97. The predicted molar refractivity (Wildman–Crippen MR) is 99.2 cm³/mol. The molecule has 0 heterocycles. The van der Waals surface area contributed by atoms with Gasteiger partial charge < -0.3 is 5.32 Å². The molecule has 3 rings (SSSR count). The number of nitrogens with one attached hydrogen (secondary N) is 2. The van der Waals surface area contributed by atoms with Crippen molar-refractivity contribution in [2.75, 3.05) is 5.32 Å². The fourth-order valence-electron chi connectivity index (χ4n) is 2.49. The molecule has 0 bridgehead atoms. The van der Waals surface area contributed by atoms with E-state index in [2.05, 4.69) is 15.8 Å². The van der Waals surface area contributed by atoms with Gasteiger partial charge in [0.1, 0.15) is 11.9 Å². The summed E-state index contributed by atoms with van der Waals surface area (Å²) >= 11 is 0. The molecule has 0 saturated carbocycles. The number of benzene rings is 3. The highest BCUT2D eigenvalue weighted by Crippen LogP contribution is 2.23. The maximum Gasteiger partial charge on any atom is 0.262 e. The summed E-state index contributed by atoms with van der Waals surface area (Å²) in [7, 11) is 0. The van der Waals surface area contributed by atoms with Gasteiger partial charge in [0.25, 0.3) is 5.91 Å². The molecule has 3 aromatic carbocycles. The Hall–Kier alpha value is -3.21. The van der Waals surface area contributed by atoms with Gasteiger partial charge in [0, 0.05) is 16.6 Å². The molecule has 0 spiro atoms. The molecule has 0 radical (unpaired) electrons. The Labute approximate surface area is 145 Å². The molecule has 0 saturated heterocycles. The van der Waals surface area contributed by atoms with Crippen molar-refractivity contribution in [3.05, 3.63) is 78.1 Å². The lowest BCUT2D eigenvalue weighted by Gasteiger charge is -2.15. The molecule has 0 aliphatic carbocycles. The minimum Gasteiger partial charge on any atom is -0.373 e. The van der Waals surface area contributed by atoms with E-state index in [0.717, 1.165) is 16.5 Å². The first kappa shape index (κ1) is 16.6. The van der Waals surface area contributed by atoms with E-state index in [4.69, 9.17) is 0 Å². The van der Waals surface area contributed by atoms with Crippen LogP contribution in [0.15, 0.2) is 71.8 Å². The van der Waals surface area contributed by atoms with Gasteiger partial charge in [-0.3, -0.25) is 4.79 Å². The third-order valence-electron chi connectivity index (χ3n) is 3.84. The summed E-state index contributed by atoms with van der Waals surface area (Å²) in [6.45, 7) is 1.75. The predicted octanol–water partition coefficient (Wildman–Crippen LogP) is 3.93. The van der Waals surface area contributed by atoms with Crippen molar-refractivity contribution >= 4 is 28.6 Å². The Morgan fingerprint density at radius 1 is 1.04 bits per heavy atom. The molecular weight excluding hydrogens is 317 g/mol. The number of fused-ring (bicyclic) bond motifs is 1. The third kappa shape index (κ3) is 4.01. The highest BCUT2D eigenvalue weighted by molar-refractivity contribution is 5.96. The molecule has 0 fully saturated rings. The topological polar surface area (TPSA) is 53.5 Å². The van der Waals surface area contributed by atoms with Crippen LogP contribution in [0.1, 0.15) is 12.5 Å². The second-order valence-corrected chi connectivity index (χ2v) is 5.65. The number of hydrogen-bond acceptors (Lipinski definition) is 3. The lowest BCUT2D eigenvalue weighted by atomic mass is 10.1. The number of carbonyl (C=O) groups is 1. The zero-order valence-electron chi connectivity index (χ0n) is 13.7. The van der Waals surface area contributed by atoms with Crippen LogP contribution in [0.3, 0.4) is 0 Å². The van der Waals surface area contributed by atoms with Crippen LogP contribution in [0.2, 0.25) is 0 Å². The Bertz CT molecular complexity index is 918. The Morgan fingerprint density at radius 3 is 2.60 bits per heavy atom. The number of halogens is 1. The number of rotatable bonds is 5. The van der Waals surface area contributed by atoms with Gasteiger partial charge in [0.2, 0.25) is 0 Å². The van der Waals surface area contributed by atoms with Crippen molar-refractivity contribution in [1.29, 1.82) is 0 Å². The summed E-state index contributed by atoms with van der Waals surface area (Å²) in [5.74, 6) is -0.692. The first-order valence-corrected chi connectivity index (χ1v) is 7.97. The van der Waals surface area contributed by atoms with E-state index in [9.17, 15) is 9.18 Å². The molecule has 5 heteroatoms. The van der Waals surface area contributed by atoms with E-state index in [1.165, 1.54) is 12.3 Å². The number of hydrazone groups is 1. The van der Waals surface area contributed by atoms with Crippen LogP contribution in [0, 0.1) is 5.82 Å². The molecule has 3 aromatic rings. The molecule has 0 unspecified atom stereocenters. The lowest BCUT2D eigenvalue weighted by molar-refractivity contribution is -0.121. The second kappa shape index (κ2) is 7.57. The van der Waals surface area contributed by atoms with Gasteiger partial charge in [-0.15, -0.1) is 0 Å². The molecule has 1 atom stereocenters. The average Bonchev–Trinajstić information content (AvgIpc) is 2.63. The molecule has 0 aromatic heterocycles. The van der Waals surface area contributed by atoms with Gasteiger partial charge in [-0.25, -0.2) is 9.82 Å². The van der Waals surface area contributed by atoms with Crippen molar-refractivity contribution in [2.24, 2.45) is 5.10 Å². The lowest BCUT2D eigenvalue weighted by Crippen LogP contribution is -2.35. The van der Waals surface area contributed by atoms with Gasteiger partial charge >= 0.3 is 0 Å². The Kier molecular flexibility index (Phi) is 5.04. The van der Waals surface area contributed by atoms with E-state index < -0.39 is 6.04 Å². The molecule has 1 amide bonds. The highest BCUT2D eigenvalue weighted by Gasteiger charge is 2.13. The van der Waals surface area contributed by atoms with Crippen LogP contribution >= 0.6 is 0 Å². The van der Waals surface area contributed by atoms with Crippen LogP contribution in [-0.4, -0.2) is 18.2 Å². The van der Waals surface area contributed by atoms with E-state index >= 15 is 0 Å². The van der Waals surface area contributed by atoms with Gasteiger partial charge in [-0.05, 0) is 24.4 Å². The number of anilines is 1.